The average Bonchev–Trinajstić information content (AvgIpc) is 2.89. The molecule has 9 nitrogen and oxygen atoms in total. The Hall–Kier alpha value is -2.16. The van der Waals surface area contributed by atoms with Gasteiger partial charge < -0.3 is 15.2 Å². The summed E-state index contributed by atoms with van der Waals surface area (Å²) >= 11 is 0. The number of anilines is 1. The highest BCUT2D eigenvalue weighted by molar-refractivity contribution is 5.88. The standard InChI is InChI=1S/C9H13N5O4/c1-14-8(10-4-11-14)13-9(17)12-6-3-18-2-5(6)7(15)16/h4-6H,2-3H2,1H3,(H,15,16)(H2,10,11,12,13,17). The van der Waals surface area contributed by atoms with Crippen molar-refractivity contribution in [1.82, 2.24) is 20.1 Å². The maximum absolute atomic E-state index is 11.6. The van der Waals surface area contributed by atoms with E-state index in [1.54, 1.807) is 7.05 Å². The Bertz CT molecular complexity index is 460. The van der Waals surface area contributed by atoms with Gasteiger partial charge >= 0.3 is 12.0 Å². The molecular weight excluding hydrogens is 242 g/mol. The number of carbonyl (C=O) groups is 2. The van der Waals surface area contributed by atoms with Gasteiger partial charge in [0.1, 0.15) is 12.2 Å². The van der Waals surface area contributed by atoms with E-state index >= 15 is 0 Å². The molecule has 1 fully saturated rings. The summed E-state index contributed by atoms with van der Waals surface area (Å²) in [6.45, 7) is 0.285. The molecule has 2 rings (SSSR count). The van der Waals surface area contributed by atoms with E-state index < -0.39 is 24.0 Å². The van der Waals surface area contributed by atoms with Crippen molar-refractivity contribution >= 4 is 17.9 Å². The summed E-state index contributed by atoms with van der Waals surface area (Å²) in [6, 6.07) is -1.08. The summed E-state index contributed by atoms with van der Waals surface area (Å²) in [6.07, 6.45) is 1.30. The van der Waals surface area contributed by atoms with Crippen molar-refractivity contribution in [2.75, 3.05) is 18.5 Å². The molecule has 18 heavy (non-hydrogen) atoms. The fourth-order valence-electron chi connectivity index (χ4n) is 1.66. The van der Waals surface area contributed by atoms with E-state index in [0.29, 0.717) is 0 Å². The Morgan fingerprint density at radius 2 is 2.33 bits per heavy atom. The molecule has 2 unspecified atom stereocenters. The number of urea groups is 1. The molecule has 0 saturated carbocycles. The number of hydrogen-bond acceptors (Lipinski definition) is 5. The second kappa shape index (κ2) is 5.00. The summed E-state index contributed by atoms with van der Waals surface area (Å²) in [5, 5.41) is 17.7. The first-order chi connectivity index (χ1) is 8.58. The number of carboxylic acid groups (broad SMARTS) is 1. The number of amides is 2. The predicted octanol–water partition coefficient (Wildman–Crippen LogP) is -0.964. The lowest BCUT2D eigenvalue weighted by atomic mass is 10.0. The number of nitrogens with zero attached hydrogens (tertiary/aromatic N) is 3. The first-order valence-corrected chi connectivity index (χ1v) is 5.30. The van der Waals surface area contributed by atoms with Crippen LogP contribution in [0.2, 0.25) is 0 Å². The second-order valence-electron chi connectivity index (χ2n) is 3.89. The van der Waals surface area contributed by atoms with E-state index in [1.807, 2.05) is 0 Å². The van der Waals surface area contributed by atoms with Gasteiger partial charge in [-0.15, -0.1) is 0 Å². The molecule has 0 bridgehead atoms. The van der Waals surface area contributed by atoms with Crippen molar-refractivity contribution in [2.24, 2.45) is 13.0 Å². The molecule has 1 aromatic heterocycles. The van der Waals surface area contributed by atoms with Crippen LogP contribution in [0, 0.1) is 5.92 Å². The minimum Gasteiger partial charge on any atom is -0.481 e. The number of aromatic nitrogens is 3. The number of carbonyl (C=O) groups excluding carboxylic acids is 1. The molecule has 0 aromatic carbocycles. The molecule has 0 radical (unpaired) electrons. The Kier molecular flexibility index (Phi) is 3.42. The highest BCUT2D eigenvalue weighted by Crippen LogP contribution is 2.13. The Balaban J connectivity index is 1.91. The highest BCUT2D eigenvalue weighted by Gasteiger charge is 2.35. The molecule has 2 atom stereocenters. The van der Waals surface area contributed by atoms with Gasteiger partial charge in [-0.2, -0.15) is 10.1 Å². The van der Waals surface area contributed by atoms with E-state index in [1.165, 1.54) is 11.0 Å². The predicted molar refractivity (Wildman–Crippen MR) is 58.9 cm³/mol. The molecule has 1 aliphatic heterocycles. The molecule has 1 saturated heterocycles. The van der Waals surface area contributed by atoms with Crippen LogP contribution in [0.3, 0.4) is 0 Å². The molecule has 9 heteroatoms. The zero-order chi connectivity index (χ0) is 13.1. The summed E-state index contributed by atoms with van der Waals surface area (Å²) in [5.74, 6) is -1.44. The second-order valence-corrected chi connectivity index (χ2v) is 3.89. The van der Waals surface area contributed by atoms with Crippen molar-refractivity contribution < 1.29 is 19.4 Å². The fraction of sp³-hybridized carbons (Fsp3) is 0.556. The SMILES string of the molecule is Cn1ncnc1NC(=O)NC1COCC1C(=O)O. The van der Waals surface area contributed by atoms with Crippen molar-refractivity contribution in [1.29, 1.82) is 0 Å². The van der Waals surface area contributed by atoms with Gasteiger partial charge in [-0.25, -0.2) is 9.48 Å². The van der Waals surface area contributed by atoms with Crippen LogP contribution in [0.4, 0.5) is 10.7 Å². The molecule has 2 heterocycles. The van der Waals surface area contributed by atoms with Crippen LogP contribution in [-0.2, 0) is 16.6 Å². The van der Waals surface area contributed by atoms with Gasteiger partial charge in [-0.3, -0.25) is 10.1 Å². The minimum absolute atomic E-state index is 0.101. The number of carboxylic acids is 1. The van der Waals surface area contributed by atoms with Gasteiger partial charge in [0.15, 0.2) is 0 Å². The first kappa shape index (κ1) is 12.3. The third-order valence-corrected chi connectivity index (χ3v) is 2.65. The molecule has 0 spiro atoms. The highest BCUT2D eigenvalue weighted by atomic mass is 16.5. The van der Waals surface area contributed by atoms with Crippen LogP contribution in [0.15, 0.2) is 6.33 Å². The maximum Gasteiger partial charge on any atom is 0.321 e. The van der Waals surface area contributed by atoms with Crippen molar-refractivity contribution in [2.45, 2.75) is 6.04 Å². The Morgan fingerprint density at radius 3 is 2.94 bits per heavy atom. The summed E-state index contributed by atoms with van der Waals surface area (Å²) < 4.78 is 6.42. The Labute approximate surface area is 102 Å². The van der Waals surface area contributed by atoms with Gasteiger partial charge in [-0.05, 0) is 0 Å². The molecule has 2 amide bonds. The minimum atomic E-state index is -0.989. The van der Waals surface area contributed by atoms with Crippen LogP contribution < -0.4 is 10.6 Å². The zero-order valence-corrected chi connectivity index (χ0v) is 9.66. The third kappa shape index (κ3) is 2.56. The lowest BCUT2D eigenvalue weighted by molar-refractivity contribution is -0.142. The normalized spacial score (nSPS) is 22.7. The third-order valence-electron chi connectivity index (χ3n) is 2.65. The van der Waals surface area contributed by atoms with Crippen LogP contribution in [0.5, 0.6) is 0 Å². The topological polar surface area (TPSA) is 118 Å². The first-order valence-electron chi connectivity index (χ1n) is 5.30. The largest absolute Gasteiger partial charge is 0.481 e. The number of ether oxygens (including phenoxy) is 1. The maximum atomic E-state index is 11.6. The molecule has 1 aliphatic rings. The van der Waals surface area contributed by atoms with Gasteiger partial charge in [0.25, 0.3) is 0 Å². The van der Waals surface area contributed by atoms with Crippen LogP contribution >= 0.6 is 0 Å². The Morgan fingerprint density at radius 1 is 1.56 bits per heavy atom. The number of aliphatic carboxylic acids is 1. The fourth-order valence-corrected chi connectivity index (χ4v) is 1.66. The monoisotopic (exact) mass is 255 g/mol. The van der Waals surface area contributed by atoms with Crippen molar-refractivity contribution in [3.8, 4) is 0 Å². The lowest BCUT2D eigenvalue weighted by Crippen LogP contribution is -2.44. The molecule has 3 N–H and O–H groups in total. The summed E-state index contributed by atoms with van der Waals surface area (Å²) in [4.78, 5) is 26.3. The van der Waals surface area contributed by atoms with Crippen molar-refractivity contribution in [3.63, 3.8) is 0 Å². The van der Waals surface area contributed by atoms with E-state index in [9.17, 15) is 9.59 Å². The van der Waals surface area contributed by atoms with Gasteiger partial charge in [0.05, 0.1) is 19.3 Å². The number of nitrogens with one attached hydrogen (secondary N) is 2. The average molecular weight is 255 g/mol. The van der Waals surface area contributed by atoms with E-state index in [-0.39, 0.29) is 19.2 Å². The summed E-state index contributed by atoms with van der Waals surface area (Å²) in [5.41, 5.74) is 0. The van der Waals surface area contributed by atoms with Gasteiger partial charge in [0.2, 0.25) is 5.95 Å². The quantitative estimate of drug-likeness (QED) is 0.640. The smallest absolute Gasteiger partial charge is 0.321 e. The van der Waals surface area contributed by atoms with E-state index in [2.05, 4.69) is 20.7 Å². The van der Waals surface area contributed by atoms with Gasteiger partial charge in [0, 0.05) is 7.05 Å². The molecular formula is C9H13N5O4. The van der Waals surface area contributed by atoms with Crippen LogP contribution in [-0.4, -0.2) is 51.1 Å². The lowest BCUT2D eigenvalue weighted by Gasteiger charge is -2.15. The summed E-state index contributed by atoms with van der Waals surface area (Å²) in [7, 11) is 1.63. The molecule has 98 valence electrons. The molecule has 1 aromatic rings. The zero-order valence-electron chi connectivity index (χ0n) is 9.66. The van der Waals surface area contributed by atoms with Crippen molar-refractivity contribution in [3.05, 3.63) is 6.33 Å². The van der Waals surface area contributed by atoms with Crippen LogP contribution in [0.1, 0.15) is 0 Å². The number of aryl methyl sites for hydroxylation is 1. The van der Waals surface area contributed by atoms with Crippen LogP contribution in [0.25, 0.3) is 0 Å². The van der Waals surface area contributed by atoms with Gasteiger partial charge in [-0.1, -0.05) is 0 Å². The number of hydrogen-bond donors (Lipinski definition) is 3. The van der Waals surface area contributed by atoms with E-state index in [0.717, 1.165) is 0 Å². The molecule has 0 aliphatic carbocycles. The van der Waals surface area contributed by atoms with E-state index in [4.69, 9.17) is 9.84 Å². The number of rotatable bonds is 3.